The average molecular weight is 197 g/mol. The van der Waals surface area contributed by atoms with E-state index in [0.29, 0.717) is 0 Å². The largest absolute Gasteiger partial charge is 0.480 e. The molecule has 3 nitrogen and oxygen atoms in total. The number of nitrogens with one attached hydrogen (secondary N) is 1. The van der Waals surface area contributed by atoms with E-state index in [9.17, 15) is 4.79 Å². The fraction of sp³-hybridized carbons (Fsp3) is 0.222. The van der Waals surface area contributed by atoms with Crippen LogP contribution in [0.15, 0.2) is 30.3 Å². The fourth-order valence-electron chi connectivity index (χ4n) is 0.921. The van der Waals surface area contributed by atoms with Crippen LogP contribution in [-0.2, 0) is 4.79 Å². The molecule has 0 amide bonds. The standard InChI is InChI=1S/C9H11NO2S/c11-9(12)8(6-13)10-7-4-2-1-3-5-7/h1-5,8,10,13H,6H2,(H,11,12). The minimum absolute atomic E-state index is 0.268. The minimum Gasteiger partial charge on any atom is -0.480 e. The van der Waals surface area contributed by atoms with Gasteiger partial charge in [0.1, 0.15) is 6.04 Å². The predicted molar refractivity (Wildman–Crippen MR) is 55.3 cm³/mol. The lowest BCUT2D eigenvalue weighted by molar-refractivity contribution is -0.137. The molecule has 0 radical (unpaired) electrons. The van der Waals surface area contributed by atoms with Crippen LogP contribution in [-0.4, -0.2) is 22.9 Å². The molecule has 0 aliphatic rings. The van der Waals surface area contributed by atoms with Gasteiger partial charge in [-0.15, -0.1) is 0 Å². The first-order valence-electron chi connectivity index (χ1n) is 3.89. The van der Waals surface area contributed by atoms with Gasteiger partial charge in [-0.05, 0) is 12.1 Å². The Balaban J connectivity index is 2.62. The molecule has 4 heteroatoms. The van der Waals surface area contributed by atoms with Gasteiger partial charge in [-0.3, -0.25) is 0 Å². The number of hydrogen-bond donors (Lipinski definition) is 3. The summed E-state index contributed by atoms with van der Waals surface area (Å²) in [6.45, 7) is 0. The molecule has 0 heterocycles. The van der Waals surface area contributed by atoms with Crippen LogP contribution < -0.4 is 5.32 Å². The fourth-order valence-corrected chi connectivity index (χ4v) is 1.17. The van der Waals surface area contributed by atoms with Crippen LogP contribution in [0.2, 0.25) is 0 Å². The first kappa shape index (κ1) is 9.92. The second kappa shape index (κ2) is 4.77. The second-order valence-electron chi connectivity index (χ2n) is 2.58. The second-order valence-corrected chi connectivity index (χ2v) is 2.95. The van der Waals surface area contributed by atoms with E-state index < -0.39 is 12.0 Å². The Morgan fingerprint density at radius 1 is 1.46 bits per heavy atom. The highest BCUT2D eigenvalue weighted by molar-refractivity contribution is 7.80. The van der Waals surface area contributed by atoms with Crippen molar-refractivity contribution < 1.29 is 9.90 Å². The van der Waals surface area contributed by atoms with E-state index in [4.69, 9.17) is 5.11 Å². The summed E-state index contributed by atoms with van der Waals surface area (Å²) < 4.78 is 0. The van der Waals surface area contributed by atoms with Crippen LogP contribution in [0.3, 0.4) is 0 Å². The molecular weight excluding hydrogens is 186 g/mol. The van der Waals surface area contributed by atoms with Gasteiger partial charge in [0.25, 0.3) is 0 Å². The third-order valence-electron chi connectivity index (χ3n) is 1.60. The van der Waals surface area contributed by atoms with Crippen molar-refractivity contribution in [2.75, 3.05) is 11.1 Å². The Morgan fingerprint density at radius 3 is 2.54 bits per heavy atom. The summed E-state index contributed by atoms with van der Waals surface area (Å²) in [4.78, 5) is 10.6. The third-order valence-corrected chi connectivity index (χ3v) is 1.96. The molecular formula is C9H11NO2S. The van der Waals surface area contributed by atoms with Crippen molar-refractivity contribution in [3.8, 4) is 0 Å². The highest BCUT2D eigenvalue weighted by atomic mass is 32.1. The SMILES string of the molecule is O=C(O)C(CS)Nc1ccccc1. The number of thiol groups is 1. The Bertz CT molecular complexity index is 276. The van der Waals surface area contributed by atoms with Crippen molar-refractivity contribution in [2.45, 2.75) is 6.04 Å². The lowest BCUT2D eigenvalue weighted by Crippen LogP contribution is -2.30. The summed E-state index contributed by atoms with van der Waals surface area (Å²) >= 11 is 3.94. The lowest BCUT2D eigenvalue weighted by atomic mass is 10.2. The molecule has 1 aromatic carbocycles. The van der Waals surface area contributed by atoms with Crippen molar-refractivity contribution in [2.24, 2.45) is 0 Å². The predicted octanol–water partition coefficient (Wildman–Crippen LogP) is 1.48. The van der Waals surface area contributed by atoms with E-state index in [1.54, 1.807) is 0 Å². The molecule has 0 fully saturated rings. The third kappa shape index (κ3) is 2.99. The van der Waals surface area contributed by atoms with E-state index >= 15 is 0 Å². The Labute approximate surface area is 82.2 Å². The molecule has 1 rings (SSSR count). The van der Waals surface area contributed by atoms with Crippen LogP contribution in [0.5, 0.6) is 0 Å². The smallest absolute Gasteiger partial charge is 0.326 e. The van der Waals surface area contributed by atoms with E-state index in [1.165, 1.54) is 0 Å². The van der Waals surface area contributed by atoms with Gasteiger partial charge < -0.3 is 10.4 Å². The Hall–Kier alpha value is -1.16. The van der Waals surface area contributed by atoms with Crippen LogP contribution in [0.25, 0.3) is 0 Å². The van der Waals surface area contributed by atoms with Crippen molar-refractivity contribution in [1.82, 2.24) is 0 Å². The van der Waals surface area contributed by atoms with Gasteiger partial charge in [-0.2, -0.15) is 12.6 Å². The summed E-state index contributed by atoms with van der Waals surface area (Å²) in [5, 5.41) is 11.6. The van der Waals surface area contributed by atoms with Crippen LogP contribution in [0, 0.1) is 0 Å². The molecule has 0 aliphatic heterocycles. The van der Waals surface area contributed by atoms with Crippen molar-refractivity contribution >= 4 is 24.3 Å². The number of benzene rings is 1. The first-order chi connectivity index (χ1) is 6.24. The number of para-hydroxylation sites is 1. The maximum absolute atomic E-state index is 10.6. The maximum Gasteiger partial charge on any atom is 0.326 e. The van der Waals surface area contributed by atoms with Gasteiger partial charge in [0.15, 0.2) is 0 Å². The Morgan fingerprint density at radius 2 is 2.08 bits per heavy atom. The molecule has 0 saturated heterocycles. The molecule has 0 bridgehead atoms. The summed E-state index contributed by atoms with van der Waals surface area (Å²) in [7, 11) is 0. The summed E-state index contributed by atoms with van der Waals surface area (Å²) in [5.74, 6) is -0.622. The van der Waals surface area contributed by atoms with Gasteiger partial charge in [0.2, 0.25) is 0 Å². The number of carbonyl (C=O) groups is 1. The molecule has 1 unspecified atom stereocenters. The molecule has 0 aliphatic carbocycles. The molecule has 0 saturated carbocycles. The monoisotopic (exact) mass is 197 g/mol. The summed E-state index contributed by atoms with van der Waals surface area (Å²) in [6.07, 6.45) is 0. The number of carboxylic acid groups (broad SMARTS) is 1. The summed E-state index contributed by atoms with van der Waals surface area (Å²) in [5.41, 5.74) is 0.795. The van der Waals surface area contributed by atoms with E-state index in [2.05, 4.69) is 17.9 Å². The van der Waals surface area contributed by atoms with Gasteiger partial charge in [-0.25, -0.2) is 4.79 Å². The Kier molecular flexibility index (Phi) is 3.64. The van der Waals surface area contributed by atoms with Crippen LogP contribution in [0.4, 0.5) is 5.69 Å². The van der Waals surface area contributed by atoms with E-state index in [-0.39, 0.29) is 5.75 Å². The van der Waals surface area contributed by atoms with Crippen molar-refractivity contribution in [1.29, 1.82) is 0 Å². The number of anilines is 1. The highest BCUT2D eigenvalue weighted by Gasteiger charge is 2.13. The molecule has 13 heavy (non-hydrogen) atoms. The normalized spacial score (nSPS) is 12.1. The molecule has 70 valence electrons. The zero-order valence-electron chi connectivity index (χ0n) is 6.97. The zero-order chi connectivity index (χ0) is 9.68. The number of hydrogen-bond acceptors (Lipinski definition) is 3. The van der Waals surface area contributed by atoms with Crippen molar-refractivity contribution in [3.63, 3.8) is 0 Å². The quantitative estimate of drug-likeness (QED) is 0.641. The van der Waals surface area contributed by atoms with Gasteiger partial charge in [0, 0.05) is 11.4 Å². The van der Waals surface area contributed by atoms with Crippen molar-refractivity contribution in [3.05, 3.63) is 30.3 Å². The number of aliphatic carboxylic acids is 1. The lowest BCUT2D eigenvalue weighted by Gasteiger charge is -2.12. The molecule has 0 spiro atoms. The molecule has 0 aromatic heterocycles. The maximum atomic E-state index is 10.6. The van der Waals surface area contributed by atoms with Crippen LogP contribution >= 0.6 is 12.6 Å². The van der Waals surface area contributed by atoms with Gasteiger partial charge >= 0.3 is 5.97 Å². The van der Waals surface area contributed by atoms with E-state index in [1.807, 2.05) is 30.3 Å². The summed E-state index contributed by atoms with van der Waals surface area (Å²) in [6, 6.07) is 8.57. The molecule has 2 N–H and O–H groups in total. The van der Waals surface area contributed by atoms with Gasteiger partial charge in [0.05, 0.1) is 0 Å². The number of rotatable bonds is 4. The van der Waals surface area contributed by atoms with Crippen LogP contribution in [0.1, 0.15) is 0 Å². The average Bonchev–Trinajstić information content (AvgIpc) is 2.15. The zero-order valence-corrected chi connectivity index (χ0v) is 7.87. The highest BCUT2D eigenvalue weighted by Crippen LogP contribution is 2.07. The molecule has 1 aromatic rings. The molecule has 1 atom stereocenters. The minimum atomic E-state index is -0.890. The topological polar surface area (TPSA) is 49.3 Å². The van der Waals surface area contributed by atoms with Gasteiger partial charge in [-0.1, -0.05) is 18.2 Å². The van der Waals surface area contributed by atoms with E-state index in [0.717, 1.165) is 5.69 Å². The number of carboxylic acids is 1. The first-order valence-corrected chi connectivity index (χ1v) is 4.52.